The summed E-state index contributed by atoms with van der Waals surface area (Å²) in [7, 11) is -1.95. The summed E-state index contributed by atoms with van der Waals surface area (Å²) in [5, 5.41) is 0. The number of sulfone groups is 1. The smallest absolute Gasteiger partial charge is 0.327 e. The van der Waals surface area contributed by atoms with Crippen LogP contribution in [-0.4, -0.2) is 49.5 Å². The normalized spacial score (nSPS) is 12.7. The number of benzene rings is 2. The highest BCUT2D eigenvalue weighted by atomic mass is 32.2. The highest BCUT2D eigenvalue weighted by Crippen LogP contribution is 2.33. The molecule has 1 unspecified atom stereocenters. The summed E-state index contributed by atoms with van der Waals surface area (Å²) in [4.78, 5) is 27.6. The molecule has 9 heteroatoms. The molecule has 0 fully saturated rings. The molecular formula is C21H24N2O6S. The van der Waals surface area contributed by atoms with Gasteiger partial charge in [0.15, 0.2) is 17.3 Å². The number of carbonyl (C=O) groups is 1. The summed E-state index contributed by atoms with van der Waals surface area (Å²) in [6, 6.07) is 9.21. The minimum Gasteiger partial charge on any atom is -0.493 e. The first-order chi connectivity index (χ1) is 14.2. The second-order valence-corrected chi connectivity index (χ2v) is 9.19. The van der Waals surface area contributed by atoms with E-state index in [-0.39, 0.29) is 11.5 Å². The van der Waals surface area contributed by atoms with Gasteiger partial charge in [-0.3, -0.25) is 9.36 Å². The molecule has 0 aliphatic heterocycles. The first kappa shape index (κ1) is 21.6. The van der Waals surface area contributed by atoms with E-state index in [1.807, 2.05) is 6.92 Å². The zero-order chi connectivity index (χ0) is 22.1. The average molecular weight is 432 g/mol. The summed E-state index contributed by atoms with van der Waals surface area (Å²) in [6.07, 6.45) is 1.12. The number of imidazole rings is 1. The van der Waals surface area contributed by atoms with Gasteiger partial charge in [-0.1, -0.05) is 12.1 Å². The maximum absolute atomic E-state index is 12.9. The van der Waals surface area contributed by atoms with E-state index in [1.54, 1.807) is 36.4 Å². The number of methoxy groups -OCH3 is 1. The minimum absolute atomic E-state index is 0.197. The third-order valence-electron chi connectivity index (χ3n) is 4.78. The lowest BCUT2D eigenvalue weighted by atomic mass is 10.1. The van der Waals surface area contributed by atoms with E-state index in [2.05, 4.69) is 4.98 Å². The lowest BCUT2D eigenvalue weighted by Crippen LogP contribution is -2.28. The minimum atomic E-state index is -3.46. The Morgan fingerprint density at radius 2 is 1.93 bits per heavy atom. The molecular weight excluding hydrogens is 408 g/mol. The Morgan fingerprint density at radius 3 is 2.53 bits per heavy atom. The van der Waals surface area contributed by atoms with Gasteiger partial charge in [-0.25, -0.2) is 13.2 Å². The summed E-state index contributed by atoms with van der Waals surface area (Å²) in [5.74, 6) is 0.455. The topological polar surface area (TPSA) is 107 Å². The monoisotopic (exact) mass is 432 g/mol. The molecule has 1 atom stereocenters. The van der Waals surface area contributed by atoms with E-state index in [4.69, 9.17) is 9.47 Å². The molecule has 3 aromatic rings. The van der Waals surface area contributed by atoms with Crippen molar-refractivity contribution < 1.29 is 22.7 Å². The molecule has 160 valence electrons. The van der Waals surface area contributed by atoms with E-state index < -0.39 is 21.6 Å². The van der Waals surface area contributed by atoms with Crippen molar-refractivity contribution in [2.45, 2.75) is 19.9 Å². The van der Waals surface area contributed by atoms with Crippen LogP contribution in [0.2, 0.25) is 0 Å². The number of H-pyrrole nitrogens is 1. The fourth-order valence-corrected chi connectivity index (χ4v) is 4.44. The second-order valence-electron chi connectivity index (χ2n) is 7.01. The number of carbonyl (C=O) groups excluding carboxylic acids is 1. The third-order valence-corrected chi connectivity index (χ3v) is 5.70. The van der Waals surface area contributed by atoms with Crippen molar-refractivity contribution in [1.29, 1.82) is 0 Å². The average Bonchev–Trinajstić information content (AvgIpc) is 3.01. The summed E-state index contributed by atoms with van der Waals surface area (Å²) in [6.45, 7) is 3.63. The number of aromatic amines is 1. The van der Waals surface area contributed by atoms with E-state index in [9.17, 15) is 18.0 Å². The van der Waals surface area contributed by atoms with Crippen LogP contribution >= 0.6 is 0 Å². The maximum Gasteiger partial charge on any atom is 0.327 e. The maximum atomic E-state index is 12.9. The van der Waals surface area contributed by atoms with Crippen LogP contribution in [0.15, 0.2) is 41.2 Å². The Hall–Kier alpha value is -3.07. The zero-order valence-electron chi connectivity index (χ0n) is 17.3. The molecule has 0 spiro atoms. The third kappa shape index (κ3) is 4.25. The molecule has 1 heterocycles. The van der Waals surface area contributed by atoms with Crippen LogP contribution in [0.5, 0.6) is 11.5 Å². The molecule has 0 aliphatic rings. The van der Waals surface area contributed by atoms with E-state index in [0.717, 1.165) is 6.26 Å². The summed E-state index contributed by atoms with van der Waals surface area (Å²) in [5.41, 5.74) is 1.27. The number of ether oxygens (including phenoxy) is 2. The van der Waals surface area contributed by atoms with Gasteiger partial charge in [0, 0.05) is 11.8 Å². The van der Waals surface area contributed by atoms with Crippen molar-refractivity contribution in [1.82, 2.24) is 9.55 Å². The molecule has 0 aliphatic carbocycles. The predicted molar refractivity (Wildman–Crippen MR) is 115 cm³/mol. The highest BCUT2D eigenvalue weighted by molar-refractivity contribution is 7.90. The van der Waals surface area contributed by atoms with Gasteiger partial charge in [0.2, 0.25) is 0 Å². The predicted octanol–water partition coefficient (Wildman–Crippen LogP) is 2.57. The Balaban J connectivity index is 2.28. The van der Waals surface area contributed by atoms with Gasteiger partial charge in [0.25, 0.3) is 0 Å². The van der Waals surface area contributed by atoms with Crippen LogP contribution in [-0.2, 0) is 9.84 Å². The number of rotatable bonds is 8. The molecule has 8 nitrogen and oxygen atoms in total. The van der Waals surface area contributed by atoms with Crippen molar-refractivity contribution in [3.63, 3.8) is 0 Å². The van der Waals surface area contributed by atoms with Gasteiger partial charge in [-0.2, -0.15) is 0 Å². The molecule has 2 aromatic carbocycles. The molecule has 3 rings (SSSR count). The molecule has 0 radical (unpaired) electrons. The lowest BCUT2D eigenvalue weighted by Gasteiger charge is -2.20. The van der Waals surface area contributed by atoms with Crippen LogP contribution in [0, 0.1) is 0 Å². The van der Waals surface area contributed by atoms with Gasteiger partial charge in [0.1, 0.15) is 9.84 Å². The van der Waals surface area contributed by atoms with Crippen molar-refractivity contribution in [3.05, 3.63) is 58.0 Å². The summed E-state index contributed by atoms with van der Waals surface area (Å²) >= 11 is 0. The van der Waals surface area contributed by atoms with E-state index in [0.29, 0.717) is 40.3 Å². The molecule has 1 N–H and O–H groups in total. The largest absolute Gasteiger partial charge is 0.493 e. The van der Waals surface area contributed by atoms with Crippen molar-refractivity contribution in [2.75, 3.05) is 25.7 Å². The van der Waals surface area contributed by atoms with Gasteiger partial charge in [-0.05, 0) is 43.7 Å². The number of hydrogen-bond acceptors (Lipinski definition) is 6. The van der Waals surface area contributed by atoms with Gasteiger partial charge in [0.05, 0.1) is 36.5 Å². The molecule has 0 saturated carbocycles. The van der Waals surface area contributed by atoms with Crippen LogP contribution < -0.4 is 15.2 Å². The standard InChI is InChI=1S/C21H24N2O6S/c1-5-29-19-11-14(9-10-18(19)28-3)17(12-30(4,26)27)23-16-8-6-7-15(13(2)24)20(16)22-21(23)25/h6-11,17H,5,12H2,1-4H3,(H,22,25). The molecule has 0 saturated heterocycles. The quantitative estimate of drug-likeness (QED) is 0.548. The number of nitrogens with zero attached hydrogens (tertiary/aromatic N) is 1. The number of nitrogens with one attached hydrogen (secondary N) is 1. The highest BCUT2D eigenvalue weighted by Gasteiger charge is 2.25. The molecule has 1 aromatic heterocycles. The molecule has 30 heavy (non-hydrogen) atoms. The molecule has 0 amide bonds. The fourth-order valence-electron chi connectivity index (χ4n) is 3.53. The van der Waals surface area contributed by atoms with Gasteiger partial charge in [-0.15, -0.1) is 0 Å². The van der Waals surface area contributed by atoms with E-state index in [1.165, 1.54) is 18.6 Å². The SMILES string of the molecule is CCOc1cc(C(CS(C)(=O)=O)n2c(=O)[nH]c3c(C(C)=O)cccc32)ccc1OC. The van der Waals surface area contributed by atoms with Crippen LogP contribution in [0.1, 0.15) is 35.8 Å². The van der Waals surface area contributed by atoms with Crippen molar-refractivity contribution >= 4 is 26.7 Å². The Labute approximate surface area is 174 Å². The number of Topliss-reactive ketones (excluding diaryl/α,β-unsaturated/α-hetero) is 1. The Kier molecular flexibility index (Phi) is 6.02. The number of aromatic nitrogens is 2. The lowest BCUT2D eigenvalue weighted by molar-refractivity contribution is 0.101. The Morgan fingerprint density at radius 1 is 1.20 bits per heavy atom. The van der Waals surface area contributed by atoms with Crippen LogP contribution in [0.25, 0.3) is 11.0 Å². The number of hydrogen-bond donors (Lipinski definition) is 1. The van der Waals surface area contributed by atoms with Crippen LogP contribution in [0.3, 0.4) is 0 Å². The Bertz CT molecular complexity index is 1260. The number of fused-ring (bicyclic) bond motifs is 1. The van der Waals surface area contributed by atoms with Gasteiger partial charge >= 0.3 is 5.69 Å². The fraction of sp³-hybridized carbons (Fsp3) is 0.333. The van der Waals surface area contributed by atoms with Crippen LogP contribution in [0.4, 0.5) is 0 Å². The summed E-state index contributed by atoms with van der Waals surface area (Å²) < 4.78 is 36.8. The number of ketones is 1. The second kappa shape index (κ2) is 8.35. The van der Waals surface area contributed by atoms with Crippen molar-refractivity contribution in [2.24, 2.45) is 0 Å². The number of para-hydroxylation sites is 1. The van der Waals surface area contributed by atoms with Crippen molar-refractivity contribution in [3.8, 4) is 11.5 Å². The van der Waals surface area contributed by atoms with E-state index >= 15 is 0 Å². The first-order valence-corrected chi connectivity index (χ1v) is 11.4. The zero-order valence-corrected chi connectivity index (χ0v) is 18.1. The molecule has 0 bridgehead atoms. The first-order valence-electron chi connectivity index (χ1n) is 9.39. The van der Waals surface area contributed by atoms with Gasteiger partial charge < -0.3 is 14.5 Å².